The summed E-state index contributed by atoms with van der Waals surface area (Å²) in [5.74, 6) is -3.07. The Hall–Kier alpha value is -3.23. The normalized spacial score (nSPS) is 10.5. The Morgan fingerprint density at radius 1 is 0.750 bits per heavy atom. The zero-order valence-electron chi connectivity index (χ0n) is 11.9. The molecule has 0 aliphatic carbocycles. The lowest BCUT2D eigenvalue weighted by Gasteiger charge is -2.09. The summed E-state index contributed by atoms with van der Waals surface area (Å²) in [5.41, 5.74) is -0.0703. The molecule has 0 aliphatic rings. The standard InChI is InChI=1S/C15H9F4N5/c16-8-1-3-12(10(18)5-8)21-14-7-20-24-15(23-14)22-13-4-2-9(17)6-11(13)19/h1-7H,(H2,21,22,23,24). The van der Waals surface area contributed by atoms with Gasteiger partial charge in [-0.05, 0) is 24.3 Å². The summed E-state index contributed by atoms with van der Waals surface area (Å²) < 4.78 is 53.0. The van der Waals surface area contributed by atoms with Crippen LogP contribution in [0.3, 0.4) is 0 Å². The van der Waals surface area contributed by atoms with Gasteiger partial charge in [-0.25, -0.2) is 17.6 Å². The maximum Gasteiger partial charge on any atom is 0.249 e. The van der Waals surface area contributed by atoms with Crippen molar-refractivity contribution in [2.75, 3.05) is 10.6 Å². The van der Waals surface area contributed by atoms with Crippen LogP contribution in [-0.4, -0.2) is 15.2 Å². The fourth-order valence-electron chi connectivity index (χ4n) is 1.86. The van der Waals surface area contributed by atoms with Crippen LogP contribution in [0.5, 0.6) is 0 Å². The van der Waals surface area contributed by atoms with Gasteiger partial charge in [0.2, 0.25) is 5.95 Å². The van der Waals surface area contributed by atoms with Crippen molar-refractivity contribution in [3.05, 3.63) is 65.9 Å². The van der Waals surface area contributed by atoms with Crippen LogP contribution in [0.4, 0.5) is 40.7 Å². The van der Waals surface area contributed by atoms with Gasteiger partial charge in [-0.15, -0.1) is 5.10 Å². The lowest BCUT2D eigenvalue weighted by molar-refractivity contribution is 0.585. The first-order chi connectivity index (χ1) is 11.5. The summed E-state index contributed by atoms with van der Waals surface area (Å²) >= 11 is 0. The Kier molecular flexibility index (Phi) is 4.23. The highest BCUT2D eigenvalue weighted by molar-refractivity contribution is 5.59. The maximum absolute atomic E-state index is 13.6. The highest BCUT2D eigenvalue weighted by Gasteiger charge is 2.09. The molecule has 9 heteroatoms. The molecule has 0 unspecified atom stereocenters. The first-order valence-electron chi connectivity index (χ1n) is 6.65. The lowest BCUT2D eigenvalue weighted by atomic mass is 10.3. The van der Waals surface area contributed by atoms with Gasteiger partial charge in [0.25, 0.3) is 0 Å². The van der Waals surface area contributed by atoms with E-state index in [1.165, 1.54) is 18.3 Å². The Bertz CT molecular complexity index is 819. The molecule has 122 valence electrons. The van der Waals surface area contributed by atoms with Gasteiger partial charge in [-0.2, -0.15) is 10.1 Å². The van der Waals surface area contributed by atoms with Crippen LogP contribution in [0.2, 0.25) is 0 Å². The predicted molar refractivity (Wildman–Crippen MR) is 79.1 cm³/mol. The van der Waals surface area contributed by atoms with Crippen molar-refractivity contribution in [1.29, 1.82) is 0 Å². The monoisotopic (exact) mass is 335 g/mol. The molecule has 0 fully saturated rings. The molecular weight excluding hydrogens is 326 g/mol. The third kappa shape index (κ3) is 3.57. The van der Waals surface area contributed by atoms with E-state index in [1.54, 1.807) is 0 Å². The number of hydrogen-bond acceptors (Lipinski definition) is 5. The number of halogens is 4. The molecule has 0 amide bonds. The summed E-state index contributed by atoms with van der Waals surface area (Å²) in [5, 5.41) is 12.4. The molecule has 2 aromatic carbocycles. The third-order valence-electron chi connectivity index (χ3n) is 2.93. The number of benzene rings is 2. The summed E-state index contributed by atoms with van der Waals surface area (Å²) in [6.45, 7) is 0. The fraction of sp³-hybridized carbons (Fsp3) is 0. The molecular formula is C15H9F4N5. The molecule has 3 aromatic rings. The van der Waals surface area contributed by atoms with E-state index in [-0.39, 0.29) is 23.1 Å². The van der Waals surface area contributed by atoms with Gasteiger partial charge < -0.3 is 10.6 Å². The summed E-state index contributed by atoms with van der Waals surface area (Å²) in [6.07, 6.45) is 1.20. The van der Waals surface area contributed by atoms with Crippen molar-refractivity contribution in [1.82, 2.24) is 15.2 Å². The molecule has 0 aliphatic heterocycles. The summed E-state index contributed by atoms with van der Waals surface area (Å²) in [7, 11) is 0. The topological polar surface area (TPSA) is 62.7 Å². The van der Waals surface area contributed by atoms with Crippen LogP contribution in [0, 0.1) is 23.3 Å². The quantitative estimate of drug-likeness (QED) is 0.708. The van der Waals surface area contributed by atoms with Crippen molar-refractivity contribution in [3.8, 4) is 0 Å². The SMILES string of the molecule is Fc1ccc(Nc2cnnc(Nc3ccc(F)cc3F)n2)c(F)c1. The largest absolute Gasteiger partial charge is 0.336 e. The molecule has 0 bridgehead atoms. The summed E-state index contributed by atoms with van der Waals surface area (Å²) in [6, 6.07) is 5.92. The zero-order valence-corrected chi connectivity index (χ0v) is 11.9. The van der Waals surface area contributed by atoms with Crippen LogP contribution < -0.4 is 10.6 Å². The van der Waals surface area contributed by atoms with Gasteiger partial charge in [0.05, 0.1) is 17.6 Å². The van der Waals surface area contributed by atoms with E-state index in [0.717, 1.165) is 12.1 Å². The average Bonchev–Trinajstić information content (AvgIpc) is 2.53. The van der Waals surface area contributed by atoms with Crippen molar-refractivity contribution >= 4 is 23.1 Å². The van der Waals surface area contributed by atoms with Gasteiger partial charge in [0.1, 0.15) is 23.3 Å². The Morgan fingerprint density at radius 2 is 1.33 bits per heavy atom. The molecule has 1 aromatic heterocycles. The van der Waals surface area contributed by atoms with Gasteiger partial charge >= 0.3 is 0 Å². The van der Waals surface area contributed by atoms with Crippen LogP contribution in [0.1, 0.15) is 0 Å². The van der Waals surface area contributed by atoms with E-state index >= 15 is 0 Å². The first-order valence-corrected chi connectivity index (χ1v) is 6.65. The molecule has 2 N–H and O–H groups in total. The number of nitrogens with one attached hydrogen (secondary N) is 2. The number of aromatic nitrogens is 3. The molecule has 1 heterocycles. The molecule has 0 saturated heterocycles. The van der Waals surface area contributed by atoms with E-state index in [0.29, 0.717) is 12.1 Å². The average molecular weight is 335 g/mol. The highest BCUT2D eigenvalue weighted by Crippen LogP contribution is 2.21. The molecule has 0 atom stereocenters. The predicted octanol–water partition coefficient (Wildman–Crippen LogP) is 3.92. The molecule has 0 saturated carbocycles. The number of rotatable bonds is 4. The minimum absolute atomic E-state index is 0.0178. The van der Waals surface area contributed by atoms with Crippen molar-refractivity contribution in [2.24, 2.45) is 0 Å². The molecule has 3 rings (SSSR count). The Balaban J connectivity index is 1.81. The van der Waals surface area contributed by atoms with Crippen molar-refractivity contribution < 1.29 is 17.6 Å². The molecule has 0 spiro atoms. The lowest BCUT2D eigenvalue weighted by Crippen LogP contribution is -2.04. The number of nitrogens with zero attached hydrogens (tertiary/aromatic N) is 3. The van der Waals surface area contributed by atoms with Crippen molar-refractivity contribution in [2.45, 2.75) is 0 Å². The van der Waals surface area contributed by atoms with E-state index < -0.39 is 23.3 Å². The third-order valence-corrected chi connectivity index (χ3v) is 2.93. The minimum Gasteiger partial charge on any atom is -0.336 e. The van der Waals surface area contributed by atoms with Gasteiger partial charge in [0.15, 0.2) is 5.82 Å². The second-order valence-electron chi connectivity index (χ2n) is 4.66. The van der Waals surface area contributed by atoms with Crippen LogP contribution >= 0.6 is 0 Å². The number of anilines is 4. The summed E-state index contributed by atoms with van der Waals surface area (Å²) in [4.78, 5) is 3.97. The number of hydrogen-bond donors (Lipinski definition) is 2. The molecule has 0 radical (unpaired) electrons. The van der Waals surface area contributed by atoms with Crippen LogP contribution in [0.15, 0.2) is 42.6 Å². The van der Waals surface area contributed by atoms with E-state index in [4.69, 9.17) is 0 Å². The maximum atomic E-state index is 13.6. The van der Waals surface area contributed by atoms with E-state index in [2.05, 4.69) is 25.8 Å². The highest BCUT2D eigenvalue weighted by atomic mass is 19.1. The van der Waals surface area contributed by atoms with Gasteiger partial charge in [0, 0.05) is 12.1 Å². The Morgan fingerprint density at radius 3 is 1.92 bits per heavy atom. The van der Waals surface area contributed by atoms with E-state index in [9.17, 15) is 17.6 Å². The fourth-order valence-corrected chi connectivity index (χ4v) is 1.86. The van der Waals surface area contributed by atoms with Gasteiger partial charge in [-0.1, -0.05) is 0 Å². The second kappa shape index (κ2) is 6.49. The zero-order chi connectivity index (χ0) is 17.1. The van der Waals surface area contributed by atoms with Crippen LogP contribution in [0.25, 0.3) is 0 Å². The van der Waals surface area contributed by atoms with Gasteiger partial charge in [-0.3, -0.25) is 0 Å². The van der Waals surface area contributed by atoms with Crippen LogP contribution in [-0.2, 0) is 0 Å². The Labute approximate surface area is 133 Å². The van der Waals surface area contributed by atoms with E-state index in [1.807, 2.05) is 0 Å². The molecule has 5 nitrogen and oxygen atoms in total. The second-order valence-corrected chi connectivity index (χ2v) is 4.66. The smallest absolute Gasteiger partial charge is 0.249 e. The van der Waals surface area contributed by atoms with Crippen molar-refractivity contribution in [3.63, 3.8) is 0 Å². The first kappa shape index (κ1) is 15.7. The minimum atomic E-state index is -0.832. The molecule has 24 heavy (non-hydrogen) atoms.